The molecule has 170 valence electrons. The van der Waals surface area contributed by atoms with E-state index in [4.69, 9.17) is 32.7 Å². The molecule has 8 heteroatoms. The maximum absolute atomic E-state index is 13.0. The molecule has 0 spiro atoms. The monoisotopic (exact) mass is 477 g/mol. The van der Waals surface area contributed by atoms with Gasteiger partial charge in [-0.3, -0.25) is 9.59 Å². The normalized spacial score (nSPS) is 17.9. The summed E-state index contributed by atoms with van der Waals surface area (Å²) < 4.78 is 11.1. The molecule has 0 radical (unpaired) electrons. The standard InChI is InChI=1S/C24H25Cl2NO5/c1-4-31-17-9-10-19(26)18(13-17)22(28)20-21(15-5-7-16(25)8-6-15)27(24(30)23(20)29)11-12-32-14(2)3/h5-10,13-14,21,28H,4,11-12H2,1-3H3/b22-20+. The third-order valence-corrected chi connectivity index (χ3v) is 5.59. The molecule has 1 fully saturated rings. The fourth-order valence-electron chi connectivity index (χ4n) is 3.58. The molecule has 1 aliphatic heterocycles. The summed E-state index contributed by atoms with van der Waals surface area (Å²) in [4.78, 5) is 27.4. The Bertz CT molecular complexity index is 1030. The number of carbonyl (C=O) groups excluding carboxylic acids is 2. The number of rotatable bonds is 8. The van der Waals surface area contributed by atoms with E-state index in [9.17, 15) is 14.7 Å². The molecule has 1 saturated heterocycles. The van der Waals surface area contributed by atoms with Gasteiger partial charge in [0.1, 0.15) is 11.5 Å². The lowest BCUT2D eigenvalue weighted by Crippen LogP contribution is -2.33. The lowest BCUT2D eigenvalue weighted by Gasteiger charge is -2.25. The number of Topliss-reactive ketones (excluding diaryl/α,β-unsaturated/α-hetero) is 1. The van der Waals surface area contributed by atoms with Crippen molar-refractivity contribution in [3.63, 3.8) is 0 Å². The Morgan fingerprint density at radius 2 is 1.81 bits per heavy atom. The third kappa shape index (κ3) is 5.09. The summed E-state index contributed by atoms with van der Waals surface area (Å²) in [7, 11) is 0. The van der Waals surface area contributed by atoms with Crippen LogP contribution in [0.5, 0.6) is 5.75 Å². The van der Waals surface area contributed by atoms with Crippen LogP contribution < -0.4 is 4.74 Å². The molecule has 3 rings (SSSR count). The second kappa shape index (κ2) is 10.4. The van der Waals surface area contributed by atoms with Gasteiger partial charge >= 0.3 is 0 Å². The van der Waals surface area contributed by atoms with Crippen molar-refractivity contribution in [1.82, 2.24) is 4.90 Å². The van der Waals surface area contributed by atoms with Gasteiger partial charge in [0.15, 0.2) is 0 Å². The van der Waals surface area contributed by atoms with Gasteiger partial charge in [0.25, 0.3) is 11.7 Å². The average molecular weight is 478 g/mol. The Kier molecular flexibility index (Phi) is 7.82. The number of aliphatic hydroxyl groups excluding tert-OH is 1. The van der Waals surface area contributed by atoms with Crippen molar-refractivity contribution in [1.29, 1.82) is 0 Å². The van der Waals surface area contributed by atoms with Crippen LogP contribution in [-0.4, -0.2) is 47.6 Å². The zero-order valence-corrected chi connectivity index (χ0v) is 19.6. The van der Waals surface area contributed by atoms with Crippen molar-refractivity contribution in [2.24, 2.45) is 0 Å². The quantitative estimate of drug-likeness (QED) is 0.319. The highest BCUT2D eigenvalue weighted by Crippen LogP contribution is 2.41. The van der Waals surface area contributed by atoms with Gasteiger partial charge in [0.05, 0.1) is 36.0 Å². The first-order valence-electron chi connectivity index (χ1n) is 10.3. The first kappa shape index (κ1) is 24.1. The predicted octanol–water partition coefficient (Wildman–Crippen LogP) is 5.24. The lowest BCUT2D eigenvalue weighted by molar-refractivity contribution is -0.140. The maximum atomic E-state index is 13.0. The van der Waals surface area contributed by atoms with E-state index in [0.717, 1.165) is 0 Å². The third-order valence-electron chi connectivity index (χ3n) is 5.01. The molecule has 1 N–H and O–H groups in total. The van der Waals surface area contributed by atoms with Crippen LogP contribution >= 0.6 is 23.2 Å². The molecule has 6 nitrogen and oxygen atoms in total. The van der Waals surface area contributed by atoms with E-state index in [0.29, 0.717) is 22.9 Å². The minimum absolute atomic E-state index is 0.0269. The van der Waals surface area contributed by atoms with Crippen molar-refractivity contribution in [3.05, 3.63) is 69.2 Å². The fraction of sp³-hybridized carbons (Fsp3) is 0.333. The summed E-state index contributed by atoms with van der Waals surface area (Å²) in [6, 6.07) is 10.8. The number of carbonyl (C=O) groups is 2. The Balaban J connectivity index is 2.12. The molecule has 0 aromatic heterocycles. The van der Waals surface area contributed by atoms with Crippen LogP contribution in [0.2, 0.25) is 10.0 Å². The number of ketones is 1. The fourth-order valence-corrected chi connectivity index (χ4v) is 3.91. The van der Waals surface area contributed by atoms with Crippen LogP contribution in [0.3, 0.4) is 0 Å². The topological polar surface area (TPSA) is 76.1 Å². The van der Waals surface area contributed by atoms with Crippen LogP contribution in [0, 0.1) is 0 Å². The summed E-state index contributed by atoms with van der Waals surface area (Å²) in [5.74, 6) is -1.37. The molecule has 1 unspecified atom stereocenters. The minimum atomic E-state index is -0.810. The van der Waals surface area contributed by atoms with Crippen LogP contribution in [0.25, 0.3) is 5.76 Å². The Morgan fingerprint density at radius 3 is 2.44 bits per heavy atom. The summed E-state index contributed by atoms with van der Waals surface area (Å²) in [6.07, 6.45) is -0.0269. The van der Waals surface area contributed by atoms with Gasteiger partial charge < -0.3 is 19.5 Å². The van der Waals surface area contributed by atoms with Crippen molar-refractivity contribution >= 4 is 40.7 Å². The Labute approximate surface area is 197 Å². The van der Waals surface area contributed by atoms with E-state index < -0.39 is 17.7 Å². The molecule has 1 heterocycles. The second-order valence-electron chi connectivity index (χ2n) is 7.54. The van der Waals surface area contributed by atoms with Crippen molar-refractivity contribution in [2.75, 3.05) is 19.8 Å². The molecule has 1 aliphatic rings. The van der Waals surface area contributed by atoms with Gasteiger partial charge in [0, 0.05) is 17.1 Å². The number of hydrogen-bond donors (Lipinski definition) is 1. The second-order valence-corrected chi connectivity index (χ2v) is 8.38. The zero-order chi connectivity index (χ0) is 23.4. The van der Waals surface area contributed by atoms with Crippen molar-refractivity contribution in [2.45, 2.75) is 32.9 Å². The highest BCUT2D eigenvalue weighted by molar-refractivity contribution is 6.47. The number of ether oxygens (including phenoxy) is 2. The Hall–Kier alpha value is -2.54. The number of benzene rings is 2. The molecule has 1 amide bonds. The number of halogens is 2. The van der Waals surface area contributed by atoms with Crippen LogP contribution in [-0.2, 0) is 14.3 Å². The van der Waals surface area contributed by atoms with E-state index in [2.05, 4.69) is 0 Å². The first-order chi connectivity index (χ1) is 15.2. The van der Waals surface area contributed by atoms with Crippen LogP contribution in [0.15, 0.2) is 48.0 Å². The molecular weight excluding hydrogens is 453 g/mol. The molecule has 32 heavy (non-hydrogen) atoms. The molecule has 2 aromatic carbocycles. The van der Waals surface area contributed by atoms with Crippen LogP contribution in [0.4, 0.5) is 0 Å². The SMILES string of the molecule is CCOc1ccc(Cl)c(/C(O)=C2\C(=O)C(=O)N(CCOC(C)C)C2c2ccc(Cl)cc2)c1. The first-order valence-corrected chi connectivity index (χ1v) is 11.1. The van der Waals surface area contributed by atoms with Gasteiger partial charge in [-0.25, -0.2) is 0 Å². The van der Waals surface area contributed by atoms with Gasteiger partial charge in [-0.15, -0.1) is 0 Å². The lowest BCUT2D eigenvalue weighted by atomic mass is 9.95. The van der Waals surface area contributed by atoms with E-state index >= 15 is 0 Å². The number of likely N-dealkylation sites (tertiary alicyclic amines) is 1. The Morgan fingerprint density at radius 1 is 1.12 bits per heavy atom. The van der Waals surface area contributed by atoms with Gasteiger partial charge in [-0.1, -0.05) is 35.3 Å². The zero-order valence-electron chi connectivity index (χ0n) is 18.1. The number of aliphatic hydroxyl groups is 1. The number of amides is 1. The van der Waals surface area contributed by atoms with Gasteiger partial charge in [-0.2, -0.15) is 0 Å². The van der Waals surface area contributed by atoms with Crippen molar-refractivity contribution < 1.29 is 24.2 Å². The summed E-state index contributed by atoms with van der Waals surface area (Å²) in [5.41, 5.74) is 0.808. The average Bonchev–Trinajstić information content (AvgIpc) is 3.00. The highest BCUT2D eigenvalue weighted by atomic mass is 35.5. The minimum Gasteiger partial charge on any atom is -0.507 e. The molecule has 1 atom stereocenters. The van der Waals surface area contributed by atoms with Gasteiger partial charge in [0.2, 0.25) is 0 Å². The van der Waals surface area contributed by atoms with E-state index in [-0.39, 0.29) is 41.2 Å². The number of hydrogen-bond acceptors (Lipinski definition) is 5. The maximum Gasteiger partial charge on any atom is 0.295 e. The smallest absolute Gasteiger partial charge is 0.295 e. The summed E-state index contributed by atoms with van der Waals surface area (Å²) in [6.45, 7) is 6.46. The number of nitrogens with zero attached hydrogens (tertiary/aromatic N) is 1. The predicted molar refractivity (Wildman–Crippen MR) is 124 cm³/mol. The largest absolute Gasteiger partial charge is 0.507 e. The molecule has 0 aliphatic carbocycles. The highest BCUT2D eigenvalue weighted by Gasteiger charge is 2.46. The summed E-state index contributed by atoms with van der Waals surface area (Å²) in [5, 5.41) is 11.9. The molecule has 2 aromatic rings. The van der Waals surface area contributed by atoms with Crippen molar-refractivity contribution in [3.8, 4) is 5.75 Å². The summed E-state index contributed by atoms with van der Waals surface area (Å²) >= 11 is 12.4. The molecular formula is C24H25Cl2NO5. The van der Waals surface area contributed by atoms with E-state index in [1.165, 1.54) is 4.90 Å². The van der Waals surface area contributed by atoms with Gasteiger partial charge in [-0.05, 0) is 56.7 Å². The van der Waals surface area contributed by atoms with E-state index in [1.54, 1.807) is 42.5 Å². The molecule has 0 saturated carbocycles. The molecule has 0 bridgehead atoms. The van der Waals surface area contributed by atoms with E-state index in [1.807, 2.05) is 20.8 Å². The van der Waals surface area contributed by atoms with Crippen LogP contribution in [0.1, 0.15) is 37.9 Å².